The van der Waals surface area contributed by atoms with Crippen LogP contribution < -0.4 is 5.32 Å². The number of aromatic nitrogens is 1. The molecule has 0 radical (unpaired) electrons. The Balaban J connectivity index is 2.41. The highest BCUT2D eigenvalue weighted by atomic mass is 32.2. The Morgan fingerprint density at radius 2 is 2.44 bits per heavy atom. The van der Waals surface area contributed by atoms with E-state index in [0.717, 1.165) is 11.4 Å². The highest BCUT2D eigenvalue weighted by Crippen LogP contribution is 2.02. The van der Waals surface area contributed by atoms with Crippen molar-refractivity contribution in [2.75, 3.05) is 12.0 Å². The first-order valence-corrected chi connectivity index (χ1v) is 6.48. The van der Waals surface area contributed by atoms with E-state index in [4.69, 9.17) is 5.11 Å². The molecule has 1 aromatic heterocycles. The molecular weight excluding hydrogens is 224 g/mol. The Labute approximate surface area is 99.5 Å². The van der Waals surface area contributed by atoms with Crippen LogP contribution in [0.1, 0.15) is 12.1 Å². The SMILES string of the molecule is CSCC[C@@H](NCc1ccccn1)C(=O)O. The molecule has 4 nitrogen and oxygen atoms in total. The van der Waals surface area contributed by atoms with Crippen molar-refractivity contribution < 1.29 is 9.90 Å². The van der Waals surface area contributed by atoms with E-state index in [2.05, 4.69) is 10.3 Å². The summed E-state index contributed by atoms with van der Waals surface area (Å²) in [6.07, 6.45) is 4.30. The van der Waals surface area contributed by atoms with Crippen LogP contribution in [0.25, 0.3) is 0 Å². The maximum absolute atomic E-state index is 10.9. The monoisotopic (exact) mass is 240 g/mol. The molecule has 0 amide bonds. The van der Waals surface area contributed by atoms with Gasteiger partial charge >= 0.3 is 5.97 Å². The van der Waals surface area contributed by atoms with Crippen LogP contribution in [-0.4, -0.2) is 34.1 Å². The molecule has 0 spiro atoms. The molecule has 0 fully saturated rings. The van der Waals surface area contributed by atoms with Gasteiger partial charge < -0.3 is 5.11 Å². The quantitative estimate of drug-likeness (QED) is 0.754. The normalized spacial score (nSPS) is 12.3. The lowest BCUT2D eigenvalue weighted by atomic mass is 10.2. The number of nitrogens with zero attached hydrogens (tertiary/aromatic N) is 1. The van der Waals surface area contributed by atoms with E-state index >= 15 is 0 Å². The summed E-state index contributed by atoms with van der Waals surface area (Å²) in [4.78, 5) is 15.1. The van der Waals surface area contributed by atoms with E-state index in [-0.39, 0.29) is 0 Å². The average molecular weight is 240 g/mol. The molecule has 1 rings (SSSR count). The summed E-state index contributed by atoms with van der Waals surface area (Å²) >= 11 is 1.65. The number of hydrogen-bond donors (Lipinski definition) is 2. The molecule has 16 heavy (non-hydrogen) atoms. The number of rotatable bonds is 7. The van der Waals surface area contributed by atoms with E-state index in [1.807, 2.05) is 24.5 Å². The van der Waals surface area contributed by atoms with Gasteiger partial charge in [0, 0.05) is 12.7 Å². The van der Waals surface area contributed by atoms with Crippen molar-refractivity contribution in [3.05, 3.63) is 30.1 Å². The van der Waals surface area contributed by atoms with Crippen LogP contribution in [0.5, 0.6) is 0 Å². The first-order chi connectivity index (χ1) is 7.74. The zero-order valence-corrected chi connectivity index (χ0v) is 10.0. The fourth-order valence-corrected chi connectivity index (χ4v) is 1.75. The number of carboxylic acid groups (broad SMARTS) is 1. The standard InChI is InChI=1S/C11H16N2O2S/c1-16-7-5-10(11(14)15)13-8-9-4-2-3-6-12-9/h2-4,6,10,13H,5,7-8H2,1H3,(H,14,15)/t10-/m1/s1. The van der Waals surface area contributed by atoms with Crippen LogP contribution in [0.2, 0.25) is 0 Å². The number of pyridine rings is 1. The summed E-state index contributed by atoms with van der Waals surface area (Å²) < 4.78 is 0. The van der Waals surface area contributed by atoms with Gasteiger partial charge in [0.2, 0.25) is 0 Å². The van der Waals surface area contributed by atoms with E-state index < -0.39 is 12.0 Å². The zero-order chi connectivity index (χ0) is 11.8. The molecule has 1 atom stereocenters. The van der Waals surface area contributed by atoms with Gasteiger partial charge in [0.1, 0.15) is 6.04 Å². The number of carboxylic acids is 1. The fraction of sp³-hybridized carbons (Fsp3) is 0.455. The number of hydrogen-bond acceptors (Lipinski definition) is 4. The van der Waals surface area contributed by atoms with E-state index in [1.54, 1.807) is 18.0 Å². The van der Waals surface area contributed by atoms with Gasteiger partial charge in [-0.05, 0) is 30.6 Å². The lowest BCUT2D eigenvalue weighted by Gasteiger charge is -2.13. The van der Waals surface area contributed by atoms with Crippen LogP contribution in [0, 0.1) is 0 Å². The Bertz CT molecular complexity index is 319. The molecule has 0 bridgehead atoms. The van der Waals surface area contributed by atoms with Gasteiger partial charge in [-0.25, -0.2) is 0 Å². The summed E-state index contributed by atoms with van der Waals surface area (Å²) in [6.45, 7) is 0.492. The minimum absolute atomic E-state index is 0.491. The molecule has 1 aromatic rings. The highest BCUT2D eigenvalue weighted by molar-refractivity contribution is 7.98. The van der Waals surface area contributed by atoms with Gasteiger partial charge in [0.15, 0.2) is 0 Å². The van der Waals surface area contributed by atoms with Crippen molar-refractivity contribution in [3.63, 3.8) is 0 Å². The second-order valence-corrected chi connectivity index (χ2v) is 4.36. The maximum atomic E-state index is 10.9. The molecule has 0 saturated carbocycles. The Kier molecular flexibility index (Phi) is 5.88. The van der Waals surface area contributed by atoms with Crippen molar-refractivity contribution in [1.82, 2.24) is 10.3 Å². The first kappa shape index (κ1) is 13.0. The van der Waals surface area contributed by atoms with E-state index in [0.29, 0.717) is 13.0 Å². The Morgan fingerprint density at radius 1 is 1.62 bits per heavy atom. The summed E-state index contributed by atoms with van der Waals surface area (Å²) in [5, 5.41) is 12.0. The molecule has 1 heterocycles. The topological polar surface area (TPSA) is 62.2 Å². The largest absolute Gasteiger partial charge is 0.480 e. The van der Waals surface area contributed by atoms with Crippen molar-refractivity contribution >= 4 is 17.7 Å². The van der Waals surface area contributed by atoms with Crippen molar-refractivity contribution in [2.45, 2.75) is 19.0 Å². The maximum Gasteiger partial charge on any atom is 0.320 e. The Morgan fingerprint density at radius 3 is 3.00 bits per heavy atom. The predicted molar refractivity (Wildman–Crippen MR) is 65.5 cm³/mol. The molecule has 0 unspecified atom stereocenters. The average Bonchev–Trinajstić information content (AvgIpc) is 2.30. The van der Waals surface area contributed by atoms with Crippen LogP contribution in [0.3, 0.4) is 0 Å². The molecule has 5 heteroatoms. The molecule has 0 aliphatic carbocycles. The molecule has 0 aliphatic heterocycles. The lowest BCUT2D eigenvalue weighted by molar-refractivity contribution is -0.139. The van der Waals surface area contributed by atoms with E-state index in [1.165, 1.54) is 0 Å². The predicted octanol–water partition coefficient (Wildman–Crippen LogP) is 1.38. The summed E-state index contributed by atoms with van der Waals surface area (Å²) in [5.41, 5.74) is 0.859. The minimum Gasteiger partial charge on any atom is -0.480 e. The molecule has 0 saturated heterocycles. The third-order valence-electron chi connectivity index (χ3n) is 2.16. The van der Waals surface area contributed by atoms with Gasteiger partial charge in [-0.3, -0.25) is 15.1 Å². The zero-order valence-electron chi connectivity index (χ0n) is 9.22. The van der Waals surface area contributed by atoms with Crippen LogP contribution in [-0.2, 0) is 11.3 Å². The number of thioether (sulfide) groups is 1. The summed E-state index contributed by atoms with van der Waals surface area (Å²) in [7, 11) is 0. The van der Waals surface area contributed by atoms with Crippen molar-refractivity contribution in [1.29, 1.82) is 0 Å². The Hall–Kier alpha value is -1.07. The second kappa shape index (κ2) is 7.24. The third-order valence-corrected chi connectivity index (χ3v) is 2.81. The van der Waals surface area contributed by atoms with Gasteiger partial charge in [-0.1, -0.05) is 6.07 Å². The molecular formula is C11H16N2O2S. The van der Waals surface area contributed by atoms with Crippen LogP contribution in [0.15, 0.2) is 24.4 Å². The molecule has 88 valence electrons. The third kappa shape index (κ3) is 4.63. The van der Waals surface area contributed by atoms with Gasteiger partial charge in [-0.2, -0.15) is 11.8 Å². The van der Waals surface area contributed by atoms with Crippen molar-refractivity contribution in [2.24, 2.45) is 0 Å². The number of nitrogens with one attached hydrogen (secondary N) is 1. The number of aliphatic carboxylic acids is 1. The second-order valence-electron chi connectivity index (χ2n) is 3.37. The van der Waals surface area contributed by atoms with Crippen LogP contribution >= 0.6 is 11.8 Å². The van der Waals surface area contributed by atoms with Crippen molar-refractivity contribution in [3.8, 4) is 0 Å². The number of carbonyl (C=O) groups is 1. The van der Waals surface area contributed by atoms with E-state index in [9.17, 15) is 4.79 Å². The molecule has 0 aromatic carbocycles. The highest BCUT2D eigenvalue weighted by Gasteiger charge is 2.15. The summed E-state index contributed by atoms with van der Waals surface area (Å²) in [6, 6.07) is 5.11. The first-order valence-electron chi connectivity index (χ1n) is 5.09. The van der Waals surface area contributed by atoms with Crippen LogP contribution in [0.4, 0.5) is 0 Å². The molecule has 2 N–H and O–H groups in total. The van der Waals surface area contributed by atoms with Gasteiger partial charge in [0.25, 0.3) is 0 Å². The minimum atomic E-state index is -0.801. The lowest BCUT2D eigenvalue weighted by Crippen LogP contribution is -2.36. The molecule has 0 aliphatic rings. The fourth-order valence-electron chi connectivity index (χ4n) is 1.28. The van der Waals surface area contributed by atoms with Gasteiger partial charge in [0.05, 0.1) is 5.69 Å². The smallest absolute Gasteiger partial charge is 0.320 e. The van der Waals surface area contributed by atoms with Gasteiger partial charge in [-0.15, -0.1) is 0 Å². The summed E-state index contributed by atoms with van der Waals surface area (Å²) in [5.74, 6) is 0.0385.